The van der Waals surface area contributed by atoms with E-state index in [0.717, 1.165) is 0 Å². The second-order valence-corrected chi connectivity index (χ2v) is 2.98. The third kappa shape index (κ3) is 1.78. The summed E-state index contributed by atoms with van der Waals surface area (Å²) >= 11 is 0. The summed E-state index contributed by atoms with van der Waals surface area (Å²) in [7, 11) is 0. The van der Waals surface area contributed by atoms with Crippen LogP contribution in [0.25, 0.3) is 0 Å². The van der Waals surface area contributed by atoms with Crippen LogP contribution in [0.1, 0.15) is 0 Å². The summed E-state index contributed by atoms with van der Waals surface area (Å²) in [5.74, 6) is -9.95. The van der Waals surface area contributed by atoms with Crippen molar-refractivity contribution in [2.45, 2.75) is 12.0 Å². The normalized spacial score (nSPS) is 30.0. The Kier molecular flexibility index (Phi) is 2.78. The number of carbonyl (C=O) groups is 2. The quantitative estimate of drug-likeness (QED) is 0.643. The molecule has 3 N–H and O–H groups in total. The Hall–Kier alpha value is -1.83. The average Bonchev–Trinajstić information content (AvgIpc) is 2.08. The Bertz CT molecular complexity index is 423. The van der Waals surface area contributed by atoms with Crippen molar-refractivity contribution in [3.63, 3.8) is 0 Å². The van der Waals surface area contributed by atoms with Crippen LogP contribution in [0.3, 0.4) is 0 Å². The van der Waals surface area contributed by atoms with Crippen molar-refractivity contribution >= 4 is 11.9 Å². The zero-order valence-corrected chi connectivity index (χ0v) is 7.45. The fourth-order valence-corrected chi connectivity index (χ4v) is 1.21. The number of hydrogen-bond donors (Lipinski definition) is 3. The van der Waals surface area contributed by atoms with Crippen LogP contribution in [0.2, 0.25) is 0 Å². The molecule has 0 heterocycles. The van der Waals surface area contributed by atoms with Gasteiger partial charge in [-0.1, -0.05) is 0 Å². The van der Waals surface area contributed by atoms with E-state index in [1.807, 2.05) is 0 Å². The molecule has 0 aromatic heterocycles. The Labute approximate surface area is 86.1 Å². The van der Waals surface area contributed by atoms with Crippen molar-refractivity contribution in [1.29, 1.82) is 0 Å². The van der Waals surface area contributed by atoms with Gasteiger partial charge < -0.3 is 15.3 Å². The van der Waals surface area contributed by atoms with Crippen molar-refractivity contribution in [3.05, 3.63) is 23.0 Å². The Morgan fingerprint density at radius 3 is 2.19 bits per heavy atom. The van der Waals surface area contributed by atoms with Gasteiger partial charge in [0, 0.05) is 6.08 Å². The molecule has 0 bridgehead atoms. The molecule has 1 aliphatic carbocycles. The fraction of sp³-hybridized carbons (Fsp3) is 0.250. The highest BCUT2D eigenvalue weighted by Gasteiger charge is 2.48. The summed E-state index contributed by atoms with van der Waals surface area (Å²) in [6.45, 7) is 0. The van der Waals surface area contributed by atoms with Crippen molar-refractivity contribution in [3.8, 4) is 0 Å². The minimum atomic E-state index is -3.88. The van der Waals surface area contributed by atoms with Crippen LogP contribution in [0.4, 0.5) is 13.2 Å². The number of carboxylic acid groups (broad SMARTS) is 2. The summed E-state index contributed by atoms with van der Waals surface area (Å²) in [6.07, 6.45) is -3.50. The lowest BCUT2D eigenvalue weighted by Crippen LogP contribution is -2.40. The second kappa shape index (κ2) is 3.63. The monoisotopic (exact) mass is 238 g/mol. The van der Waals surface area contributed by atoms with Crippen molar-refractivity contribution in [2.75, 3.05) is 0 Å². The molecule has 16 heavy (non-hydrogen) atoms. The van der Waals surface area contributed by atoms with Crippen molar-refractivity contribution < 1.29 is 38.1 Å². The van der Waals surface area contributed by atoms with Crippen molar-refractivity contribution in [1.82, 2.24) is 0 Å². The van der Waals surface area contributed by atoms with E-state index in [4.69, 9.17) is 15.3 Å². The summed E-state index contributed by atoms with van der Waals surface area (Å²) < 4.78 is 39.0. The molecule has 0 amide bonds. The molecule has 2 atom stereocenters. The summed E-state index contributed by atoms with van der Waals surface area (Å²) in [5.41, 5.74) is -3.18. The molecule has 0 fully saturated rings. The third-order valence-corrected chi connectivity index (χ3v) is 1.89. The molecule has 0 spiro atoms. The molecule has 1 aliphatic rings. The summed E-state index contributed by atoms with van der Waals surface area (Å²) in [5, 5.41) is 25.6. The lowest BCUT2D eigenvalue weighted by Gasteiger charge is -2.25. The lowest BCUT2D eigenvalue weighted by atomic mass is 9.91. The average molecular weight is 238 g/mol. The highest BCUT2D eigenvalue weighted by atomic mass is 19.2. The molecule has 0 aliphatic heterocycles. The predicted octanol–water partition coefficient (Wildman–Crippen LogP) is 0.315. The van der Waals surface area contributed by atoms with E-state index >= 15 is 0 Å². The van der Waals surface area contributed by atoms with Crippen LogP contribution >= 0.6 is 0 Å². The second-order valence-electron chi connectivity index (χ2n) is 2.98. The Morgan fingerprint density at radius 2 is 1.81 bits per heavy atom. The first-order chi connectivity index (χ1) is 7.18. The Balaban J connectivity index is 3.49. The molecule has 0 saturated carbocycles. The summed E-state index contributed by atoms with van der Waals surface area (Å²) in [6, 6.07) is 0. The molecule has 88 valence electrons. The lowest BCUT2D eigenvalue weighted by molar-refractivity contribution is -0.141. The SMILES string of the molecule is O=C(O)C1=C(C(=O)O)C(F)C(O)(F)C=C1F. The maximum Gasteiger partial charge on any atom is 0.339 e. The van der Waals surface area contributed by atoms with Gasteiger partial charge in [-0.15, -0.1) is 0 Å². The number of aliphatic carboxylic acids is 2. The zero-order valence-electron chi connectivity index (χ0n) is 7.45. The first kappa shape index (κ1) is 12.2. The van der Waals surface area contributed by atoms with Gasteiger partial charge in [0.05, 0.1) is 5.57 Å². The van der Waals surface area contributed by atoms with E-state index in [9.17, 15) is 22.8 Å². The topological polar surface area (TPSA) is 94.8 Å². The summed E-state index contributed by atoms with van der Waals surface area (Å²) in [4.78, 5) is 20.9. The first-order valence-corrected chi connectivity index (χ1v) is 3.83. The highest BCUT2D eigenvalue weighted by molar-refractivity contribution is 6.03. The molecule has 0 aromatic carbocycles. The maximum atomic E-state index is 13.1. The van der Waals surface area contributed by atoms with Gasteiger partial charge in [-0.25, -0.2) is 22.8 Å². The zero-order chi connectivity index (χ0) is 12.7. The minimum absolute atomic E-state index is 0.326. The molecule has 2 unspecified atom stereocenters. The van der Waals surface area contributed by atoms with E-state index < -0.39 is 40.9 Å². The number of rotatable bonds is 2. The van der Waals surface area contributed by atoms with Crippen LogP contribution in [-0.4, -0.2) is 39.3 Å². The number of carboxylic acids is 2. The third-order valence-electron chi connectivity index (χ3n) is 1.89. The van der Waals surface area contributed by atoms with Gasteiger partial charge >= 0.3 is 11.9 Å². The highest BCUT2D eigenvalue weighted by Crippen LogP contribution is 2.36. The van der Waals surface area contributed by atoms with Crippen LogP contribution in [-0.2, 0) is 9.59 Å². The molecular formula is C8H5F3O5. The van der Waals surface area contributed by atoms with Gasteiger partial charge in [0.2, 0.25) is 0 Å². The van der Waals surface area contributed by atoms with E-state index in [1.165, 1.54) is 0 Å². The largest absolute Gasteiger partial charge is 0.478 e. The van der Waals surface area contributed by atoms with Crippen LogP contribution in [0.5, 0.6) is 0 Å². The van der Waals surface area contributed by atoms with Gasteiger partial charge in [-0.2, -0.15) is 0 Å². The van der Waals surface area contributed by atoms with E-state index in [-0.39, 0.29) is 6.08 Å². The van der Waals surface area contributed by atoms with Gasteiger partial charge in [-0.05, 0) is 0 Å². The Morgan fingerprint density at radius 1 is 1.31 bits per heavy atom. The number of alkyl halides is 2. The van der Waals surface area contributed by atoms with Crippen LogP contribution in [0, 0.1) is 0 Å². The molecule has 1 rings (SSSR count). The van der Waals surface area contributed by atoms with Crippen molar-refractivity contribution in [2.24, 2.45) is 0 Å². The predicted molar refractivity (Wildman–Crippen MR) is 42.4 cm³/mol. The minimum Gasteiger partial charge on any atom is -0.478 e. The van der Waals surface area contributed by atoms with Crippen LogP contribution < -0.4 is 0 Å². The van der Waals surface area contributed by atoms with Gasteiger partial charge in [0.1, 0.15) is 11.4 Å². The smallest absolute Gasteiger partial charge is 0.339 e. The fourth-order valence-electron chi connectivity index (χ4n) is 1.21. The van der Waals surface area contributed by atoms with Gasteiger partial charge in [0.25, 0.3) is 5.85 Å². The molecule has 0 radical (unpaired) electrons. The van der Waals surface area contributed by atoms with Gasteiger partial charge in [0.15, 0.2) is 6.17 Å². The first-order valence-electron chi connectivity index (χ1n) is 3.83. The standard InChI is InChI=1S/C8H5F3O5/c9-2-1-8(11,16)5(10)4(7(14)15)3(2)6(12)13/h1,5,16H,(H,12,13)(H,14,15). The number of halogens is 3. The maximum absolute atomic E-state index is 13.1. The number of hydrogen-bond acceptors (Lipinski definition) is 3. The van der Waals surface area contributed by atoms with E-state index in [2.05, 4.69) is 0 Å². The molecule has 0 aromatic rings. The van der Waals surface area contributed by atoms with Gasteiger partial charge in [-0.3, -0.25) is 0 Å². The molecule has 8 heteroatoms. The molecule has 0 saturated heterocycles. The van der Waals surface area contributed by atoms with E-state index in [1.54, 1.807) is 0 Å². The van der Waals surface area contributed by atoms with Crippen LogP contribution in [0.15, 0.2) is 23.0 Å². The van der Waals surface area contributed by atoms with E-state index in [0.29, 0.717) is 0 Å². The molecule has 5 nitrogen and oxygen atoms in total. The molecular weight excluding hydrogens is 233 g/mol. The number of aliphatic hydroxyl groups is 1.